The van der Waals surface area contributed by atoms with E-state index in [0.717, 1.165) is 13.3 Å². The fourth-order valence-electron chi connectivity index (χ4n) is 1.19. The summed E-state index contributed by atoms with van der Waals surface area (Å²) in [5.41, 5.74) is 3.91. The van der Waals surface area contributed by atoms with Crippen LogP contribution < -0.4 is 15.2 Å². The highest BCUT2D eigenvalue weighted by Gasteiger charge is 2.38. The van der Waals surface area contributed by atoms with Crippen molar-refractivity contribution in [2.45, 2.75) is 12.9 Å². The molecule has 0 fully saturated rings. The quantitative estimate of drug-likeness (QED) is 0.652. The van der Waals surface area contributed by atoms with Crippen molar-refractivity contribution in [2.75, 3.05) is 7.11 Å². The van der Waals surface area contributed by atoms with Crippen molar-refractivity contribution in [2.24, 2.45) is 5.73 Å². The summed E-state index contributed by atoms with van der Waals surface area (Å²) in [7, 11) is 1.04. The first-order chi connectivity index (χ1) is 8.30. The number of nitrogens with zero attached hydrogens (tertiary/aromatic N) is 2. The lowest BCUT2D eigenvalue weighted by Gasteiger charge is -2.13. The van der Waals surface area contributed by atoms with Gasteiger partial charge in [0.2, 0.25) is 5.75 Å². The zero-order valence-corrected chi connectivity index (χ0v) is 9.02. The molecular formula is C8H8F3N3O4. The Hall–Kier alpha value is -2.10. The molecule has 1 heterocycles. The molecule has 7 nitrogen and oxygen atoms in total. The summed E-state index contributed by atoms with van der Waals surface area (Å²) in [6, 6.07) is 0. The first kappa shape index (κ1) is 14.0. The standard InChI is InChI=1S/C8H8F3N3O4/c1-17-7-5(14(15)16)6(18-8(9,10)11)4(2-12)3-13-7/h3H,2,12H2,1H3. The molecule has 2 N–H and O–H groups in total. The Morgan fingerprint density at radius 2 is 2.17 bits per heavy atom. The number of nitro groups is 1. The molecule has 18 heavy (non-hydrogen) atoms. The minimum atomic E-state index is -5.08. The maximum atomic E-state index is 12.2. The van der Waals surface area contributed by atoms with E-state index in [2.05, 4.69) is 14.5 Å². The Balaban J connectivity index is 3.45. The molecule has 1 rings (SSSR count). The van der Waals surface area contributed by atoms with E-state index in [9.17, 15) is 23.3 Å². The fourth-order valence-corrected chi connectivity index (χ4v) is 1.19. The van der Waals surface area contributed by atoms with Crippen LogP contribution in [0.4, 0.5) is 18.9 Å². The summed E-state index contributed by atoms with van der Waals surface area (Å²) >= 11 is 0. The Bertz CT molecular complexity index is 464. The molecule has 0 atom stereocenters. The first-order valence-electron chi connectivity index (χ1n) is 4.46. The van der Waals surface area contributed by atoms with Gasteiger partial charge in [-0.15, -0.1) is 13.2 Å². The summed E-state index contributed by atoms with van der Waals surface area (Å²) in [5.74, 6) is -1.60. The van der Waals surface area contributed by atoms with Crippen LogP contribution in [-0.4, -0.2) is 23.4 Å². The van der Waals surface area contributed by atoms with Gasteiger partial charge in [0.25, 0.3) is 5.88 Å². The van der Waals surface area contributed by atoms with Crippen LogP contribution in [0.1, 0.15) is 5.56 Å². The van der Waals surface area contributed by atoms with Gasteiger partial charge in [0.15, 0.2) is 0 Å². The molecule has 10 heteroatoms. The Morgan fingerprint density at radius 3 is 2.56 bits per heavy atom. The van der Waals surface area contributed by atoms with Crippen LogP contribution in [0.25, 0.3) is 0 Å². The maximum Gasteiger partial charge on any atom is 0.573 e. The lowest BCUT2D eigenvalue weighted by Crippen LogP contribution is -2.20. The van der Waals surface area contributed by atoms with Gasteiger partial charge in [-0.05, 0) is 0 Å². The van der Waals surface area contributed by atoms with E-state index >= 15 is 0 Å². The molecule has 0 aliphatic carbocycles. The molecule has 0 spiro atoms. The molecule has 0 radical (unpaired) electrons. The number of alkyl halides is 3. The molecule has 0 bridgehead atoms. The van der Waals surface area contributed by atoms with Crippen LogP contribution >= 0.6 is 0 Å². The molecule has 0 aromatic carbocycles. The highest BCUT2D eigenvalue weighted by atomic mass is 19.4. The number of halogens is 3. The van der Waals surface area contributed by atoms with E-state index in [-0.39, 0.29) is 5.56 Å². The summed E-state index contributed by atoms with van der Waals surface area (Å²) in [6.45, 7) is -0.400. The normalized spacial score (nSPS) is 11.2. The van der Waals surface area contributed by atoms with Gasteiger partial charge in [-0.3, -0.25) is 10.1 Å². The molecule has 0 saturated heterocycles. The second-order valence-electron chi connectivity index (χ2n) is 2.98. The second kappa shape index (κ2) is 5.04. The van der Waals surface area contributed by atoms with Gasteiger partial charge in [-0.2, -0.15) is 0 Å². The maximum absolute atomic E-state index is 12.2. The molecule has 1 aromatic rings. The third kappa shape index (κ3) is 2.97. The molecular weight excluding hydrogens is 259 g/mol. The third-order valence-electron chi connectivity index (χ3n) is 1.86. The Labute approximate surface area is 98.5 Å². The minimum absolute atomic E-state index is 0.250. The Morgan fingerprint density at radius 1 is 1.56 bits per heavy atom. The van der Waals surface area contributed by atoms with Crippen LogP contribution in [0, 0.1) is 10.1 Å². The van der Waals surface area contributed by atoms with Crippen molar-refractivity contribution in [1.82, 2.24) is 4.98 Å². The molecule has 0 unspecified atom stereocenters. The molecule has 0 aliphatic heterocycles. The number of hydrogen-bond acceptors (Lipinski definition) is 6. The number of pyridine rings is 1. The minimum Gasteiger partial charge on any atom is -0.476 e. The highest BCUT2D eigenvalue weighted by molar-refractivity contribution is 5.57. The van der Waals surface area contributed by atoms with Gasteiger partial charge in [0.05, 0.1) is 12.0 Å². The molecule has 1 aromatic heterocycles. The molecule has 0 saturated carbocycles. The van der Waals surface area contributed by atoms with Crippen molar-refractivity contribution < 1.29 is 27.6 Å². The van der Waals surface area contributed by atoms with E-state index in [0.29, 0.717) is 0 Å². The van der Waals surface area contributed by atoms with Crippen molar-refractivity contribution in [1.29, 1.82) is 0 Å². The number of rotatable bonds is 4. The molecule has 0 aliphatic rings. The topological polar surface area (TPSA) is 101 Å². The highest BCUT2D eigenvalue weighted by Crippen LogP contribution is 2.40. The summed E-state index contributed by atoms with van der Waals surface area (Å²) in [5, 5.41) is 10.8. The van der Waals surface area contributed by atoms with E-state index in [4.69, 9.17) is 5.73 Å². The van der Waals surface area contributed by atoms with E-state index in [1.165, 1.54) is 0 Å². The van der Waals surface area contributed by atoms with Gasteiger partial charge in [-0.1, -0.05) is 0 Å². The van der Waals surface area contributed by atoms with Crippen molar-refractivity contribution >= 4 is 5.69 Å². The van der Waals surface area contributed by atoms with Crippen LogP contribution in [0.5, 0.6) is 11.6 Å². The van der Waals surface area contributed by atoms with Crippen molar-refractivity contribution in [3.05, 3.63) is 21.9 Å². The lowest BCUT2D eigenvalue weighted by atomic mass is 10.2. The van der Waals surface area contributed by atoms with E-state index in [1.54, 1.807) is 0 Å². The summed E-state index contributed by atoms with van der Waals surface area (Å²) in [4.78, 5) is 13.2. The number of methoxy groups -OCH3 is 1. The average molecular weight is 267 g/mol. The van der Waals surface area contributed by atoms with E-state index in [1.807, 2.05) is 0 Å². The van der Waals surface area contributed by atoms with Crippen LogP contribution in [0.3, 0.4) is 0 Å². The number of nitrogens with two attached hydrogens (primary N) is 1. The largest absolute Gasteiger partial charge is 0.573 e. The summed E-state index contributed by atoms with van der Waals surface area (Å²) in [6.07, 6.45) is -4.16. The predicted octanol–water partition coefficient (Wildman–Crippen LogP) is 1.36. The van der Waals surface area contributed by atoms with Gasteiger partial charge < -0.3 is 15.2 Å². The van der Waals surface area contributed by atoms with Gasteiger partial charge >= 0.3 is 12.0 Å². The number of ether oxygens (including phenoxy) is 2. The fraction of sp³-hybridized carbons (Fsp3) is 0.375. The van der Waals surface area contributed by atoms with Crippen LogP contribution in [-0.2, 0) is 6.54 Å². The van der Waals surface area contributed by atoms with Crippen molar-refractivity contribution in [3.8, 4) is 11.6 Å². The second-order valence-corrected chi connectivity index (χ2v) is 2.98. The van der Waals surface area contributed by atoms with Crippen molar-refractivity contribution in [3.63, 3.8) is 0 Å². The number of aromatic nitrogens is 1. The molecule has 100 valence electrons. The van der Waals surface area contributed by atoms with Crippen LogP contribution in [0.15, 0.2) is 6.20 Å². The van der Waals surface area contributed by atoms with Crippen LogP contribution in [0.2, 0.25) is 0 Å². The average Bonchev–Trinajstić information content (AvgIpc) is 2.25. The zero-order valence-electron chi connectivity index (χ0n) is 9.02. The van der Waals surface area contributed by atoms with Gasteiger partial charge in [0.1, 0.15) is 0 Å². The number of hydrogen-bond donors (Lipinski definition) is 1. The van der Waals surface area contributed by atoms with Gasteiger partial charge in [0, 0.05) is 18.3 Å². The lowest BCUT2D eigenvalue weighted by molar-refractivity contribution is -0.390. The molecule has 0 amide bonds. The third-order valence-corrected chi connectivity index (χ3v) is 1.86. The first-order valence-corrected chi connectivity index (χ1v) is 4.46. The van der Waals surface area contributed by atoms with Gasteiger partial charge in [-0.25, -0.2) is 4.98 Å². The summed E-state index contributed by atoms with van der Waals surface area (Å²) < 4.78 is 44.7. The SMILES string of the molecule is COc1ncc(CN)c(OC(F)(F)F)c1[N+](=O)[O-]. The predicted molar refractivity (Wildman–Crippen MR) is 52.0 cm³/mol. The van der Waals surface area contributed by atoms with E-state index < -0.39 is 35.1 Å². The monoisotopic (exact) mass is 267 g/mol. The Kier molecular flexibility index (Phi) is 3.91. The smallest absolute Gasteiger partial charge is 0.476 e. The zero-order chi connectivity index (χ0) is 13.9.